The molecule has 0 saturated carbocycles. The zero-order chi connectivity index (χ0) is 56.6. The van der Waals surface area contributed by atoms with Gasteiger partial charge < -0.3 is 48.5 Å². The summed E-state index contributed by atoms with van der Waals surface area (Å²) in [6, 6.07) is 36.4. The number of esters is 4. The Bertz CT molecular complexity index is 2900. The second-order valence-electron chi connectivity index (χ2n) is 17.7. The number of carbonyl (C=O) groups excluding carboxylic acids is 6. The molecule has 0 saturated heterocycles. The van der Waals surface area contributed by atoms with E-state index in [1.165, 1.54) is 0 Å². The van der Waals surface area contributed by atoms with E-state index in [2.05, 4.69) is 31.1 Å². The quantitative estimate of drug-likeness (QED) is 0.0325. The molecule has 7 rings (SSSR count). The first-order chi connectivity index (χ1) is 38.9. The number of azo groups is 2. The van der Waals surface area contributed by atoms with Gasteiger partial charge >= 0.3 is 23.9 Å². The van der Waals surface area contributed by atoms with Crippen LogP contribution in [0.4, 0.5) is 22.7 Å². The minimum Gasteiger partial charge on any atom is -0.483 e. The fraction of sp³-hybridized carbons (Fsp3) is 0.300. The number of ether oxygens (including phenoxy) is 8. The Morgan fingerprint density at radius 3 is 0.963 bits per heavy atom. The SMILES string of the molecule is CCOC(=O)CNC(=O)COc1c2cc(N=Nc3ccccc3)cc1Cc1cccc(c1OCC(=O)OCC)Cc1cc(N=Nc3ccccc3)cc(c1OCC(=O)NCC(=O)OCC)Cc1cccc(c1OCC(=O)OCC)C2. The zero-order valence-corrected chi connectivity index (χ0v) is 45.0. The Hall–Kier alpha value is -9.46. The third-order valence-corrected chi connectivity index (χ3v) is 11.9. The first kappa shape index (κ1) is 58.2. The number of benzene rings is 6. The van der Waals surface area contributed by atoms with Crippen molar-refractivity contribution in [2.75, 3.05) is 65.9 Å². The van der Waals surface area contributed by atoms with Crippen molar-refractivity contribution in [3.8, 4) is 23.0 Å². The van der Waals surface area contributed by atoms with Crippen LogP contribution in [0.3, 0.4) is 0 Å². The highest BCUT2D eigenvalue weighted by Gasteiger charge is 2.25. The van der Waals surface area contributed by atoms with Gasteiger partial charge in [-0.15, -0.1) is 0 Å². The smallest absolute Gasteiger partial charge is 0.344 e. The molecule has 0 spiro atoms. The Morgan fingerprint density at radius 2 is 0.637 bits per heavy atom. The summed E-state index contributed by atoms with van der Waals surface area (Å²) in [4.78, 5) is 77.7. The number of fused-ring (bicyclic) bond motifs is 8. The van der Waals surface area contributed by atoms with Gasteiger partial charge in [-0.3, -0.25) is 19.2 Å². The standard InChI is InChI=1S/C60H62N6O14/c1-5-73-53(69)33-61-51(67)35-77-59-43-25-39-17-15-19-41(57(39)79-37-55(71)75-7-3)27-45-31-50(66-64-48-23-13-10-14-24-48)32-46(60(45)78-36-52(68)62-34-54(70)74-6-2)28-42-20-16-18-40(58(42)80-38-56(72)76-8-4)26-44(59)30-49(29-43)65-63-47-21-11-9-12-22-47/h9-24,29-32H,5-8,25-28,33-38H2,1-4H3,(H,61,67)(H,62,68). The highest BCUT2D eigenvalue weighted by atomic mass is 16.6. The van der Waals surface area contributed by atoms with Gasteiger partial charge in [0.15, 0.2) is 26.4 Å². The number of para-hydroxylation sites is 2. The first-order valence-electron chi connectivity index (χ1n) is 26.1. The minimum atomic E-state index is -0.622. The summed E-state index contributed by atoms with van der Waals surface area (Å²) in [5.41, 5.74) is 6.33. The molecule has 80 heavy (non-hydrogen) atoms. The predicted molar refractivity (Wildman–Crippen MR) is 293 cm³/mol. The summed E-state index contributed by atoms with van der Waals surface area (Å²) < 4.78 is 46.6. The van der Waals surface area contributed by atoms with Crippen LogP contribution in [-0.2, 0) is 73.4 Å². The molecule has 20 heteroatoms. The normalized spacial score (nSPS) is 11.8. The van der Waals surface area contributed by atoms with E-state index in [1.54, 1.807) is 76.2 Å². The molecule has 0 fully saturated rings. The molecule has 8 bridgehead atoms. The number of nitrogens with one attached hydrogen (secondary N) is 2. The second kappa shape index (κ2) is 29.9. The van der Waals surface area contributed by atoms with Crippen molar-refractivity contribution in [2.24, 2.45) is 20.5 Å². The first-order valence-corrected chi connectivity index (χ1v) is 26.1. The van der Waals surface area contributed by atoms with Crippen molar-refractivity contribution in [3.05, 3.63) is 166 Å². The maximum absolute atomic E-state index is 13.5. The highest BCUT2D eigenvalue weighted by molar-refractivity contribution is 5.84. The maximum Gasteiger partial charge on any atom is 0.344 e. The van der Waals surface area contributed by atoms with E-state index in [9.17, 15) is 28.8 Å². The number of carbonyl (C=O) groups is 6. The Labute approximate surface area is 462 Å². The second-order valence-corrected chi connectivity index (χ2v) is 17.7. The molecule has 0 aliphatic heterocycles. The molecule has 0 radical (unpaired) electrons. The fourth-order valence-corrected chi connectivity index (χ4v) is 8.54. The largest absolute Gasteiger partial charge is 0.483 e. The third kappa shape index (κ3) is 17.3. The molecule has 1 aliphatic carbocycles. The van der Waals surface area contributed by atoms with Crippen LogP contribution in [-0.4, -0.2) is 102 Å². The number of amides is 2. The van der Waals surface area contributed by atoms with Crippen molar-refractivity contribution in [1.29, 1.82) is 0 Å². The summed E-state index contributed by atoms with van der Waals surface area (Å²) in [5.74, 6) is -2.53. The van der Waals surface area contributed by atoms with E-state index < -0.39 is 62.1 Å². The zero-order valence-electron chi connectivity index (χ0n) is 45.0. The molecule has 0 atom stereocenters. The van der Waals surface area contributed by atoms with Crippen LogP contribution in [0.1, 0.15) is 72.2 Å². The fourth-order valence-electron chi connectivity index (χ4n) is 8.54. The van der Waals surface area contributed by atoms with Gasteiger partial charge in [0.2, 0.25) is 0 Å². The van der Waals surface area contributed by atoms with Crippen LogP contribution in [0.15, 0.2) is 142 Å². The van der Waals surface area contributed by atoms with Crippen molar-refractivity contribution >= 4 is 58.4 Å². The molecular weight excluding hydrogens is 1030 g/mol. The van der Waals surface area contributed by atoms with Crippen molar-refractivity contribution in [2.45, 2.75) is 53.4 Å². The molecule has 416 valence electrons. The molecule has 2 N–H and O–H groups in total. The average Bonchev–Trinajstić information content (AvgIpc) is 3.49. The van der Waals surface area contributed by atoms with Crippen LogP contribution >= 0.6 is 0 Å². The molecule has 20 nitrogen and oxygen atoms in total. The Balaban J connectivity index is 1.48. The lowest BCUT2D eigenvalue weighted by atomic mass is 9.90. The van der Waals surface area contributed by atoms with Gasteiger partial charge in [0.05, 0.1) is 49.2 Å². The summed E-state index contributed by atoms with van der Waals surface area (Å²) in [6.07, 6.45) is 0.223. The monoisotopic (exact) mass is 1090 g/mol. The average molecular weight is 1090 g/mol. The lowest BCUT2D eigenvalue weighted by Gasteiger charge is -2.23. The predicted octanol–water partition coefficient (Wildman–Crippen LogP) is 9.19. The molecular formula is C60H62N6O14. The number of rotatable bonds is 24. The van der Waals surface area contributed by atoms with Crippen LogP contribution in [0, 0.1) is 0 Å². The topological polar surface area (TPSA) is 250 Å². The van der Waals surface area contributed by atoms with E-state index in [4.69, 9.17) is 37.9 Å². The number of hydrogen-bond acceptors (Lipinski definition) is 18. The van der Waals surface area contributed by atoms with Gasteiger partial charge in [-0.2, -0.15) is 20.5 Å². The molecule has 6 aromatic carbocycles. The summed E-state index contributed by atoms with van der Waals surface area (Å²) in [7, 11) is 0. The van der Waals surface area contributed by atoms with Crippen LogP contribution < -0.4 is 29.6 Å². The van der Waals surface area contributed by atoms with Crippen LogP contribution in [0.5, 0.6) is 23.0 Å². The lowest BCUT2D eigenvalue weighted by molar-refractivity contribution is -0.146. The van der Waals surface area contributed by atoms with Gasteiger partial charge in [-0.1, -0.05) is 72.8 Å². The molecule has 1 aliphatic rings. The highest BCUT2D eigenvalue weighted by Crippen LogP contribution is 2.42. The van der Waals surface area contributed by atoms with E-state index in [-0.39, 0.29) is 76.7 Å². The van der Waals surface area contributed by atoms with Crippen LogP contribution in [0.25, 0.3) is 0 Å². The van der Waals surface area contributed by atoms with Gasteiger partial charge in [0.1, 0.15) is 36.1 Å². The van der Waals surface area contributed by atoms with Gasteiger partial charge in [-0.05, 0) is 98.5 Å². The van der Waals surface area contributed by atoms with E-state index in [1.807, 2.05) is 72.8 Å². The summed E-state index contributed by atoms with van der Waals surface area (Å²) >= 11 is 0. The molecule has 0 unspecified atom stereocenters. The van der Waals surface area contributed by atoms with Crippen molar-refractivity contribution in [3.63, 3.8) is 0 Å². The summed E-state index contributed by atoms with van der Waals surface area (Å²) in [5, 5.41) is 23.5. The van der Waals surface area contributed by atoms with Gasteiger partial charge in [0.25, 0.3) is 11.8 Å². The van der Waals surface area contributed by atoms with E-state index in [0.29, 0.717) is 78.8 Å². The molecule has 0 aromatic heterocycles. The number of hydrogen-bond donors (Lipinski definition) is 2. The van der Waals surface area contributed by atoms with Crippen molar-refractivity contribution < 1.29 is 66.7 Å². The Kier molecular flexibility index (Phi) is 21.8. The molecule has 6 aromatic rings. The lowest BCUT2D eigenvalue weighted by Crippen LogP contribution is -2.34. The van der Waals surface area contributed by atoms with E-state index >= 15 is 0 Å². The molecule has 0 heterocycles. The third-order valence-electron chi connectivity index (χ3n) is 11.9. The van der Waals surface area contributed by atoms with Crippen molar-refractivity contribution in [1.82, 2.24) is 10.6 Å². The molecule has 2 amide bonds. The van der Waals surface area contributed by atoms with E-state index in [0.717, 1.165) is 0 Å². The summed E-state index contributed by atoms with van der Waals surface area (Å²) in [6.45, 7) is 4.43. The minimum absolute atomic E-state index is 0.0559. The van der Waals surface area contributed by atoms with Gasteiger partial charge in [-0.25, -0.2) is 9.59 Å². The van der Waals surface area contributed by atoms with Gasteiger partial charge in [0, 0.05) is 47.9 Å². The Morgan fingerprint density at radius 1 is 0.350 bits per heavy atom. The number of nitrogens with zero attached hydrogens (tertiary/aromatic N) is 4. The maximum atomic E-state index is 13.5. The van der Waals surface area contributed by atoms with Crippen LogP contribution in [0.2, 0.25) is 0 Å².